The maximum Gasteiger partial charge on any atom is 0.0483 e. The second kappa shape index (κ2) is 15.8. The number of hydrogen-bond donors (Lipinski definition) is 1. The standard InChI is InChI=1S/C3H8O.2CH3.Hf/c1-3(2)4;;;/h3-4H,1-2H3;2*1H3;/q;2*-1;. The van der Waals surface area contributed by atoms with Crippen LogP contribution in [0.4, 0.5) is 0 Å². The average molecular weight is 269 g/mol. The third-order valence-electron chi connectivity index (χ3n) is 0. The minimum atomic E-state index is -0.167. The van der Waals surface area contributed by atoms with E-state index in [0.717, 1.165) is 0 Å². The van der Waals surface area contributed by atoms with Crippen molar-refractivity contribution in [1.29, 1.82) is 0 Å². The molecule has 0 fully saturated rings. The molecule has 0 amide bonds. The molecule has 0 aromatic heterocycles. The fraction of sp³-hybridized carbons (Fsp3) is 0.600. The van der Waals surface area contributed by atoms with Crippen LogP contribution in [0.1, 0.15) is 13.8 Å². The van der Waals surface area contributed by atoms with Crippen molar-refractivity contribution in [2.24, 2.45) is 0 Å². The molecule has 0 unspecified atom stereocenters. The van der Waals surface area contributed by atoms with E-state index < -0.39 is 0 Å². The summed E-state index contributed by atoms with van der Waals surface area (Å²) in [6.07, 6.45) is -0.167. The van der Waals surface area contributed by atoms with Crippen molar-refractivity contribution in [2.75, 3.05) is 0 Å². The van der Waals surface area contributed by atoms with Gasteiger partial charge in [-0.3, -0.25) is 0 Å². The van der Waals surface area contributed by atoms with Crippen LogP contribution in [0.5, 0.6) is 0 Å². The molecule has 0 spiro atoms. The summed E-state index contributed by atoms with van der Waals surface area (Å²) in [4.78, 5) is 0. The number of aliphatic hydroxyl groups is 1. The van der Waals surface area contributed by atoms with Crippen LogP contribution in [-0.4, -0.2) is 11.2 Å². The quantitative estimate of drug-likeness (QED) is 0.518. The monoisotopic (exact) mass is 270 g/mol. The van der Waals surface area contributed by atoms with E-state index in [9.17, 15) is 0 Å². The molecule has 0 aliphatic rings. The van der Waals surface area contributed by atoms with Crippen molar-refractivity contribution in [3.05, 3.63) is 14.9 Å². The molecule has 2 heteroatoms. The first kappa shape index (κ1) is 24.9. The summed E-state index contributed by atoms with van der Waals surface area (Å²) in [5.74, 6) is 0. The molecule has 0 atom stereocenters. The van der Waals surface area contributed by atoms with Crippen LogP contribution in [0.3, 0.4) is 0 Å². The van der Waals surface area contributed by atoms with Gasteiger partial charge in [-0.05, 0) is 13.8 Å². The van der Waals surface area contributed by atoms with Crippen LogP contribution < -0.4 is 0 Å². The van der Waals surface area contributed by atoms with Crippen LogP contribution in [0.25, 0.3) is 0 Å². The molecule has 7 heavy (non-hydrogen) atoms. The van der Waals surface area contributed by atoms with E-state index in [1.54, 1.807) is 13.8 Å². The molecule has 0 aliphatic carbocycles. The van der Waals surface area contributed by atoms with Crippen LogP contribution in [0.15, 0.2) is 0 Å². The van der Waals surface area contributed by atoms with Gasteiger partial charge in [0.25, 0.3) is 0 Å². The van der Waals surface area contributed by atoms with Crippen LogP contribution in [0, 0.1) is 14.9 Å². The summed E-state index contributed by atoms with van der Waals surface area (Å²) in [7, 11) is 0. The van der Waals surface area contributed by atoms with Crippen LogP contribution in [-0.2, 0) is 25.8 Å². The molecule has 0 rings (SSSR count). The molecule has 0 saturated carbocycles. The van der Waals surface area contributed by atoms with Gasteiger partial charge < -0.3 is 20.0 Å². The van der Waals surface area contributed by atoms with Crippen LogP contribution >= 0.6 is 0 Å². The fourth-order valence-corrected chi connectivity index (χ4v) is 0. The Labute approximate surface area is 65.9 Å². The Balaban J connectivity index is -0.0000000150. The third kappa shape index (κ3) is 231. The molecular formula is C5H14HfO-2. The second-order valence-electron chi connectivity index (χ2n) is 1.09. The van der Waals surface area contributed by atoms with Crippen molar-refractivity contribution in [3.63, 3.8) is 0 Å². The van der Waals surface area contributed by atoms with Crippen molar-refractivity contribution in [2.45, 2.75) is 20.0 Å². The van der Waals surface area contributed by atoms with Gasteiger partial charge in [0.2, 0.25) is 0 Å². The predicted molar refractivity (Wildman–Crippen MR) is 30.2 cm³/mol. The van der Waals surface area contributed by atoms with Crippen molar-refractivity contribution in [3.8, 4) is 0 Å². The number of hydrogen-bond acceptors (Lipinski definition) is 1. The summed E-state index contributed by atoms with van der Waals surface area (Å²) >= 11 is 0. The van der Waals surface area contributed by atoms with E-state index in [2.05, 4.69) is 0 Å². The van der Waals surface area contributed by atoms with Crippen molar-refractivity contribution < 1.29 is 30.9 Å². The Morgan fingerprint density at radius 3 is 1.14 bits per heavy atom. The van der Waals surface area contributed by atoms with Gasteiger partial charge in [-0.25, -0.2) is 0 Å². The van der Waals surface area contributed by atoms with E-state index in [1.165, 1.54) is 0 Å². The van der Waals surface area contributed by atoms with Gasteiger partial charge in [-0.15, -0.1) is 0 Å². The normalized spacial score (nSPS) is 5.14. The van der Waals surface area contributed by atoms with E-state index in [0.29, 0.717) is 0 Å². The minimum Gasteiger partial charge on any atom is -0.394 e. The first-order valence-corrected chi connectivity index (χ1v) is 1.41. The zero-order chi connectivity index (χ0) is 3.58. The van der Waals surface area contributed by atoms with Crippen molar-refractivity contribution in [1.82, 2.24) is 0 Å². The molecule has 0 radical (unpaired) electrons. The second-order valence-corrected chi connectivity index (χ2v) is 1.09. The van der Waals surface area contributed by atoms with Gasteiger partial charge in [0, 0.05) is 31.9 Å². The summed E-state index contributed by atoms with van der Waals surface area (Å²) in [6, 6.07) is 0. The maximum absolute atomic E-state index is 8.06. The Hall–Kier alpha value is 0.830. The molecular weight excluding hydrogens is 255 g/mol. The van der Waals surface area contributed by atoms with Gasteiger partial charge in [0.15, 0.2) is 0 Å². The molecule has 0 saturated heterocycles. The minimum absolute atomic E-state index is 0. The summed E-state index contributed by atoms with van der Waals surface area (Å²) < 4.78 is 0. The Bertz CT molecular complexity index is 12.8. The van der Waals surface area contributed by atoms with E-state index in [-0.39, 0.29) is 46.8 Å². The molecule has 0 aromatic rings. The summed E-state index contributed by atoms with van der Waals surface area (Å²) in [5, 5.41) is 8.06. The molecule has 0 aromatic carbocycles. The molecule has 0 heterocycles. The van der Waals surface area contributed by atoms with E-state index in [4.69, 9.17) is 5.11 Å². The van der Waals surface area contributed by atoms with E-state index >= 15 is 0 Å². The zero-order valence-corrected chi connectivity index (χ0v) is 9.12. The largest absolute Gasteiger partial charge is 0.394 e. The van der Waals surface area contributed by atoms with Gasteiger partial charge in [-0.2, -0.15) is 0 Å². The maximum atomic E-state index is 8.06. The zero-order valence-electron chi connectivity index (χ0n) is 5.52. The Kier molecular flexibility index (Phi) is 56.3. The molecule has 46 valence electrons. The molecule has 0 bridgehead atoms. The topological polar surface area (TPSA) is 20.2 Å². The van der Waals surface area contributed by atoms with Crippen LogP contribution in [0.2, 0.25) is 0 Å². The average Bonchev–Trinajstić information content (AvgIpc) is 0.811. The first-order chi connectivity index (χ1) is 1.73. The third-order valence-corrected chi connectivity index (χ3v) is 0. The summed E-state index contributed by atoms with van der Waals surface area (Å²) in [6.45, 7) is 3.44. The van der Waals surface area contributed by atoms with Crippen molar-refractivity contribution >= 4 is 0 Å². The molecule has 0 aliphatic heterocycles. The van der Waals surface area contributed by atoms with Gasteiger partial charge in [-0.1, -0.05) is 0 Å². The SMILES string of the molecule is CC(C)O.[CH3-].[CH3-].[Hf]. The first-order valence-electron chi connectivity index (χ1n) is 1.41. The smallest absolute Gasteiger partial charge is 0.0483 e. The molecule has 1 nitrogen and oxygen atoms in total. The van der Waals surface area contributed by atoms with E-state index in [1.807, 2.05) is 0 Å². The fourth-order valence-electron chi connectivity index (χ4n) is 0. The number of aliphatic hydroxyl groups excluding tert-OH is 1. The van der Waals surface area contributed by atoms with Gasteiger partial charge in [0.05, 0.1) is 0 Å². The Morgan fingerprint density at radius 2 is 1.14 bits per heavy atom. The van der Waals surface area contributed by atoms with Gasteiger partial charge >= 0.3 is 0 Å². The van der Waals surface area contributed by atoms with Gasteiger partial charge in [0.1, 0.15) is 0 Å². The number of rotatable bonds is 0. The molecule has 1 N–H and O–H groups in total. The predicted octanol–water partition coefficient (Wildman–Crippen LogP) is 1.29. The summed E-state index contributed by atoms with van der Waals surface area (Å²) in [5.41, 5.74) is 0. The Morgan fingerprint density at radius 1 is 1.14 bits per heavy atom.